The number of hydrogen-bond acceptors (Lipinski definition) is 5. The van der Waals surface area contributed by atoms with Crippen molar-refractivity contribution < 1.29 is 9.47 Å². The van der Waals surface area contributed by atoms with E-state index in [9.17, 15) is 0 Å². The second kappa shape index (κ2) is 6.02. The van der Waals surface area contributed by atoms with Crippen LogP contribution in [0.5, 0.6) is 0 Å². The van der Waals surface area contributed by atoms with Crippen LogP contribution in [0, 0.1) is 0 Å². The fourth-order valence-corrected chi connectivity index (χ4v) is 2.06. The Balaban J connectivity index is 1.94. The zero-order valence-electron chi connectivity index (χ0n) is 11.0. The number of aromatic nitrogens is 1. The van der Waals surface area contributed by atoms with E-state index in [2.05, 4.69) is 28.6 Å². The highest BCUT2D eigenvalue weighted by molar-refractivity contribution is 5.54. The number of nitrogens with one attached hydrogen (secondary N) is 2. The molecule has 5 nitrogen and oxygen atoms in total. The van der Waals surface area contributed by atoms with Crippen LogP contribution in [0.1, 0.15) is 13.3 Å². The molecule has 100 valence electrons. The van der Waals surface area contributed by atoms with Crippen LogP contribution in [0.3, 0.4) is 0 Å². The molecular formula is C13H21N3O2. The van der Waals surface area contributed by atoms with Crippen molar-refractivity contribution in [3.05, 3.63) is 18.5 Å². The van der Waals surface area contributed by atoms with Crippen molar-refractivity contribution >= 4 is 11.4 Å². The van der Waals surface area contributed by atoms with Crippen LogP contribution >= 0.6 is 0 Å². The minimum atomic E-state index is -0.200. The van der Waals surface area contributed by atoms with Crippen molar-refractivity contribution in [1.82, 2.24) is 4.98 Å². The lowest BCUT2D eigenvalue weighted by atomic mass is 10.0. The lowest BCUT2D eigenvalue weighted by Gasteiger charge is -2.26. The molecule has 1 aromatic heterocycles. The minimum Gasteiger partial charge on any atom is -0.384 e. The number of anilines is 2. The first-order valence-corrected chi connectivity index (χ1v) is 6.34. The van der Waals surface area contributed by atoms with E-state index >= 15 is 0 Å². The van der Waals surface area contributed by atoms with E-state index in [-0.39, 0.29) is 5.60 Å². The normalized spacial score (nSPS) is 23.0. The lowest BCUT2D eigenvalue weighted by Crippen LogP contribution is -2.39. The van der Waals surface area contributed by atoms with Crippen molar-refractivity contribution in [2.24, 2.45) is 0 Å². The van der Waals surface area contributed by atoms with Gasteiger partial charge >= 0.3 is 0 Å². The molecule has 1 unspecified atom stereocenters. The molecule has 2 N–H and O–H groups in total. The molecule has 18 heavy (non-hydrogen) atoms. The Kier molecular flexibility index (Phi) is 4.38. The first kappa shape index (κ1) is 13.1. The molecule has 0 amide bonds. The van der Waals surface area contributed by atoms with Gasteiger partial charge in [-0.15, -0.1) is 0 Å². The molecule has 5 heteroatoms. The van der Waals surface area contributed by atoms with Gasteiger partial charge in [-0.25, -0.2) is 0 Å². The second-order valence-electron chi connectivity index (χ2n) is 4.54. The number of ether oxygens (including phenoxy) is 2. The monoisotopic (exact) mass is 251 g/mol. The number of pyridine rings is 1. The minimum absolute atomic E-state index is 0.200. The molecule has 0 aromatic carbocycles. The molecule has 0 spiro atoms. The van der Waals surface area contributed by atoms with Crippen LogP contribution in [0.15, 0.2) is 18.5 Å². The van der Waals surface area contributed by atoms with Crippen LogP contribution in [-0.2, 0) is 9.47 Å². The molecule has 0 aliphatic carbocycles. The van der Waals surface area contributed by atoms with Crippen molar-refractivity contribution in [2.75, 3.05) is 44.0 Å². The van der Waals surface area contributed by atoms with E-state index in [0.717, 1.165) is 37.5 Å². The van der Waals surface area contributed by atoms with Crippen LogP contribution in [0.25, 0.3) is 0 Å². The summed E-state index contributed by atoms with van der Waals surface area (Å²) in [7, 11) is 1.74. The van der Waals surface area contributed by atoms with Gasteiger partial charge in [-0.1, -0.05) is 0 Å². The Morgan fingerprint density at radius 2 is 2.17 bits per heavy atom. The van der Waals surface area contributed by atoms with Gasteiger partial charge in [-0.2, -0.15) is 0 Å². The summed E-state index contributed by atoms with van der Waals surface area (Å²) in [6, 6.07) is 2.05. The van der Waals surface area contributed by atoms with E-state index in [1.54, 1.807) is 7.11 Å². The summed E-state index contributed by atoms with van der Waals surface area (Å²) in [6.45, 7) is 5.11. The van der Waals surface area contributed by atoms with Crippen molar-refractivity contribution in [1.29, 1.82) is 0 Å². The van der Waals surface area contributed by atoms with Gasteiger partial charge in [-0.05, 0) is 13.0 Å². The molecular weight excluding hydrogens is 230 g/mol. The second-order valence-corrected chi connectivity index (χ2v) is 4.54. The SMILES string of the molecule is CCNc1cncc(NCC2(OC)CCOC2)c1. The average molecular weight is 251 g/mol. The molecule has 0 bridgehead atoms. The van der Waals surface area contributed by atoms with Crippen LogP contribution in [0.4, 0.5) is 11.4 Å². The Morgan fingerprint density at radius 3 is 2.78 bits per heavy atom. The first-order chi connectivity index (χ1) is 8.78. The molecule has 0 saturated carbocycles. The van der Waals surface area contributed by atoms with Crippen molar-refractivity contribution in [3.8, 4) is 0 Å². The van der Waals surface area contributed by atoms with Crippen LogP contribution in [0.2, 0.25) is 0 Å². The fourth-order valence-electron chi connectivity index (χ4n) is 2.06. The maximum atomic E-state index is 5.57. The van der Waals surface area contributed by atoms with Gasteiger partial charge < -0.3 is 20.1 Å². The highest BCUT2D eigenvalue weighted by Crippen LogP contribution is 2.23. The van der Waals surface area contributed by atoms with Gasteiger partial charge in [0.2, 0.25) is 0 Å². The van der Waals surface area contributed by atoms with E-state index in [4.69, 9.17) is 9.47 Å². The summed E-state index contributed by atoms with van der Waals surface area (Å²) in [4.78, 5) is 4.20. The predicted molar refractivity (Wildman–Crippen MR) is 72.1 cm³/mol. The number of hydrogen-bond donors (Lipinski definition) is 2. The smallest absolute Gasteiger partial charge is 0.110 e. The Morgan fingerprint density at radius 1 is 1.39 bits per heavy atom. The predicted octanol–water partition coefficient (Wildman–Crippen LogP) is 1.73. The fraction of sp³-hybridized carbons (Fsp3) is 0.615. The molecule has 0 radical (unpaired) electrons. The van der Waals surface area contributed by atoms with Crippen LogP contribution in [-0.4, -0.2) is 44.0 Å². The first-order valence-electron chi connectivity index (χ1n) is 6.34. The van der Waals surface area contributed by atoms with Gasteiger partial charge in [0.15, 0.2) is 0 Å². The maximum Gasteiger partial charge on any atom is 0.110 e. The summed E-state index contributed by atoms with van der Waals surface area (Å²) in [6.07, 6.45) is 4.57. The van der Waals surface area contributed by atoms with Gasteiger partial charge in [0.05, 0.1) is 30.4 Å². The summed E-state index contributed by atoms with van der Waals surface area (Å²) in [5.41, 5.74) is 1.82. The molecule has 2 heterocycles. The summed E-state index contributed by atoms with van der Waals surface area (Å²) >= 11 is 0. The van der Waals surface area contributed by atoms with Crippen LogP contribution < -0.4 is 10.6 Å². The third-order valence-corrected chi connectivity index (χ3v) is 3.23. The molecule has 1 fully saturated rings. The molecule has 1 aromatic rings. The quantitative estimate of drug-likeness (QED) is 0.806. The van der Waals surface area contributed by atoms with E-state index in [1.807, 2.05) is 12.4 Å². The third-order valence-electron chi connectivity index (χ3n) is 3.23. The zero-order chi connectivity index (χ0) is 12.8. The summed E-state index contributed by atoms with van der Waals surface area (Å²) in [5, 5.41) is 6.61. The van der Waals surface area contributed by atoms with E-state index < -0.39 is 0 Å². The lowest BCUT2D eigenvalue weighted by molar-refractivity contribution is -0.00620. The van der Waals surface area contributed by atoms with E-state index in [0.29, 0.717) is 6.61 Å². The molecule has 1 atom stereocenters. The maximum absolute atomic E-state index is 5.57. The largest absolute Gasteiger partial charge is 0.384 e. The molecule has 1 saturated heterocycles. The summed E-state index contributed by atoms with van der Waals surface area (Å²) < 4.78 is 11.0. The average Bonchev–Trinajstić information content (AvgIpc) is 2.87. The number of nitrogens with zero attached hydrogens (tertiary/aromatic N) is 1. The summed E-state index contributed by atoms with van der Waals surface area (Å²) in [5.74, 6) is 0. The number of methoxy groups -OCH3 is 1. The highest BCUT2D eigenvalue weighted by atomic mass is 16.5. The Hall–Kier alpha value is -1.33. The van der Waals surface area contributed by atoms with Gasteiger partial charge in [0.25, 0.3) is 0 Å². The van der Waals surface area contributed by atoms with E-state index in [1.165, 1.54) is 0 Å². The third kappa shape index (κ3) is 3.11. The van der Waals surface area contributed by atoms with Gasteiger partial charge in [0.1, 0.15) is 5.60 Å². The molecule has 2 rings (SSSR count). The van der Waals surface area contributed by atoms with Gasteiger partial charge in [-0.3, -0.25) is 4.98 Å². The standard InChI is InChI=1S/C13H21N3O2/c1-3-15-11-6-12(8-14-7-11)16-9-13(17-2)4-5-18-10-13/h6-8,15-16H,3-5,9-10H2,1-2H3. The topological polar surface area (TPSA) is 55.4 Å². The number of rotatable bonds is 6. The van der Waals surface area contributed by atoms with Gasteiger partial charge in [0, 0.05) is 33.2 Å². The Bertz CT molecular complexity index is 378. The molecule has 1 aliphatic heterocycles. The molecule has 1 aliphatic rings. The Labute approximate surface area is 108 Å². The van der Waals surface area contributed by atoms with Crippen molar-refractivity contribution in [3.63, 3.8) is 0 Å². The zero-order valence-corrected chi connectivity index (χ0v) is 11.0. The highest BCUT2D eigenvalue weighted by Gasteiger charge is 2.34. The van der Waals surface area contributed by atoms with Crippen molar-refractivity contribution in [2.45, 2.75) is 18.9 Å².